The van der Waals surface area contributed by atoms with Crippen molar-refractivity contribution >= 4 is 40.2 Å². The fraction of sp³-hybridized carbons (Fsp3) is 0.250. The number of carbonyl (C=O) groups is 2. The maximum Gasteiger partial charge on any atom is 0.412 e. The molecule has 0 bridgehead atoms. The number of aliphatic imine (C=N–C) groups is 1. The molecule has 1 aromatic carbocycles. The van der Waals surface area contributed by atoms with Gasteiger partial charge in [0.05, 0.1) is 18.2 Å². The minimum absolute atomic E-state index is 0.0448. The van der Waals surface area contributed by atoms with Gasteiger partial charge in [0, 0.05) is 17.7 Å². The van der Waals surface area contributed by atoms with Crippen molar-refractivity contribution in [2.45, 2.75) is 19.3 Å². The molecule has 0 spiro atoms. The Balaban J connectivity index is 1.82. The molecule has 1 unspecified atom stereocenters. The molecule has 31 heavy (non-hydrogen) atoms. The molecule has 0 aliphatic heterocycles. The Morgan fingerprint density at radius 3 is 2.61 bits per heavy atom. The van der Waals surface area contributed by atoms with Gasteiger partial charge >= 0.3 is 6.09 Å². The number of carbonyl (C=O) groups excluding carboxylic acids is 2. The highest BCUT2D eigenvalue weighted by Gasteiger charge is 2.37. The molecule has 0 fully saturated rings. The Labute approximate surface area is 186 Å². The van der Waals surface area contributed by atoms with E-state index in [1.54, 1.807) is 36.6 Å². The zero-order valence-electron chi connectivity index (χ0n) is 17.6. The molecule has 2 aliphatic carbocycles. The van der Waals surface area contributed by atoms with Crippen LogP contribution in [0.15, 0.2) is 77.4 Å². The molecular weight excluding hydrogens is 410 g/mol. The van der Waals surface area contributed by atoms with Gasteiger partial charge in [-0.05, 0) is 49.4 Å². The van der Waals surface area contributed by atoms with Crippen LogP contribution in [0.25, 0.3) is 0 Å². The fourth-order valence-electron chi connectivity index (χ4n) is 3.59. The minimum Gasteiger partial charge on any atom is -0.453 e. The summed E-state index contributed by atoms with van der Waals surface area (Å²) in [7, 11) is 1.29. The number of methoxy groups -OCH3 is 1. The van der Waals surface area contributed by atoms with Crippen LogP contribution in [-0.2, 0) is 4.74 Å². The van der Waals surface area contributed by atoms with E-state index in [-0.39, 0.29) is 5.78 Å². The van der Waals surface area contributed by atoms with Crippen LogP contribution in [0.1, 0.15) is 29.6 Å². The zero-order chi connectivity index (χ0) is 22.3. The Morgan fingerprint density at radius 1 is 1.23 bits per heavy atom. The Kier molecular flexibility index (Phi) is 7.41. The van der Waals surface area contributed by atoms with Crippen LogP contribution in [-0.4, -0.2) is 36.1 Å². The van der Waals surface area contributed by atoms with Crippen molar-refractivity contribution in [3.05, 3.63) is 77.9 Å². The van der Waals surface area contributed by atoms with Gasteiger partial charge in [-0.2, -0.15) is 0 Å². The van der Waals surface area contributed by atoms with Crippen LogP contribution in [0.2, 0.25) is 0 Å². The van der Waals surface area contributed by atoms with Crippen LogP contribution < -0.4 is 5.32 Å². The van der Waals surface area contributed by atoms with E-state index in [0.717, 1.165) is 5.57 Å². The summed E-state index contributed by atoms with van der Waals surface area (Å²) in [6.45, 7) is 0. The van der Waals surface area contributed by atoms with E-state index < -0.39 is 11.5 Å². The average Bonchev–Trinajstić information content (AvgIpc) is 2.79. The quantitative estimate of drug-likeness (QED) is 0.369. The Bertz CT molecular complexity index is 1020. The number of amidine groups is 1. The maximum atomic E-state index is 13.6. The third kappa shape index (κ3) is 5.70. The molecule has 0 saturated carbocycles. The molecule has 3 rings (SSSR count). The lowest BCUT2D eigenvalue weighted by Crippen LogP contribution is -2.31. The van der Waals surface area contributed by atoms with Crippen molar-refractivity contribution in [1.29, 1.82) is 5.41 Å². The number of nitrogens with one attached hydrogen (secondary N) is 2. The van der Waals surface area contributed by atoms with E-state index in [1.165, 1.54) is 18.9 Å². The summed E-state index contributed by atoms with van der Waals surface area (Å²) in [4.78, 5) is 29.3. The topological polar surface area (TPSA) is 91.6 Å². The van der Waals surface area contributed by atoms with Crippen LogP contribution in [0.3, 0.4) is 0 Å². The number of alkyl carbamates (subject to hydrolysis) is 1. The van der Waals surface area contributed by atoms with Crippen LogP contribution >= 0.6 is 11.8 Å². The molecular formula is C24H25N3O3S. The SMILES string of the molecule is COC(=O)NC(=Nc1ccc(C(=O)C2(CC3=CC=CC(=N)C3)C=CC=CC2)cc1)SC. The molecule has 0 aromatic heterocycles. The van der Waals surface area contributed by atoms with Crippen LogP contribution in [0, 0.1) is 10.8 Å². The van der Waals surface area contributed by atoms with E-state index in [1.807, 2.05) is 36.5 Å². The zero-order valence-corrected chi connectivity index (χ0v) is 18.4. The lowest BCUT2D eigenvalue weighted by atomic mass is 9.70. The summed E-state index contributed by atoms with van der Waals surface area (Å²) in [5, 5.41) is 10.9. The van der Waals surface area contributed by atoms with Gasteiger partial charge in [0.15, 0.2) is 11.0 Å². The van der Waals surface area contributed by atoms with E-state index >= 15 is 0 Å². The number of hydrogen-bond acceptors (Lipinski definition) is 6. The maximum absolute atomic E-state index is 13.6. The Hall–Kier alpha value is -3.19. The van der Waals surface area contributed by atoms with Gasteiger partial charge in [0.1, 0.15) is 0 Å². The second kappa shape index (κ2) is 10.2. The smallest absolute Gasteiger partial charge is 0.412 e. The van der Waals surface area contributed by atoms with E-state index in [0.29, 0.717) is 41.4 Å². The molecule has 0 saturated heterocycles. The number of nitrogens with zero attached hydrogens (tertiary/aromatic N) is 1. The summed E-state index contributed by atoms with van der Waals surface area (Å²) in [6, 6.07) is 7.05. The molecule has 1 aromatic rings. The number of benzene rings is 1. The first-order valence-electron chi connectivity index (χ1n) is 9.86. The highest BCUT2D eigenvalue weighted by molar-refractivity contribution is 8.13. The second-order valence-electron chi connectivity index (χ2n) is 7.32. The number of rotatable bonds is 5. The first-order chi connectivity index (χ1) is 15.0. The Morgan fingerprint density at radius 2 is 2.00 bits per heavy atom. The summed E-state index contributed by atoms with van der Waals surface area (Å²) in [5.74, 6) is 0.0448. The molecule has 7 heteroatoms. The number of hydrogen-bond donors (Lipinski definition) is 2. The lowest BCUT2D eigenvalue weighted by Gasteiger charge is -2.31. The average molecular weight is 436 g/mol. The summed E-state index contributed by atoms with van der Waals surface area (Å²) in [5.41, 5.74) is 2.21. The first kappa shape index (κ1) is 22.5. The van der Waals surface area contributed by atoms with Crippen molar-refractivity contribution in [1.82, 2.24) is 5.32 Å². The van der Waals surface area contributed by atoms with Crippen molar-refractivity contribution in [2.24, 2.45) is 10.4 Å². The fourth-order valence-corrected chi connectivity index (χ4v) is 3.97. The monoisotopic (exact) mass is 435 g/mol. The van der Waals surface area contributed by atoms with Gasteiger partial charge in [0.2, 0.25) is 0 Å². The summed E-state index contributed by atoms with van der Waals surface area (Å²) >= 11 is 1.29. The van der Waals surface area contributed by atoms with Gasteiger partial charge in [-0.1, -0.05) is 53.8 Å². The number of Topliss-reactive ketones (excluding diaryl/α,β-unsaturated/α-hetero) is 1. The molecule has 2 N–H and O–H groups in total. The molecule has 160 valence electrons. The predicted octanol–water partition coefficient (Wildman–Crippen LogP) is 5.37. The van der Waals surface area contributed by atoms with Gasteiger partial charge in [-0.25, -0.2) is 9.79 Å². The molecule has 6 nitrogen and oxygen atoms in total. The van der Waals surface area contributed by atoms with Gasteiger partial charge in [0.25, 0.3) is 0 Å². The van der Waals surface area contributed by atoms with Crippen LogP contribution in [0.5, 0.6) is 0 Å². The molecule has 0 radical (unpaired) electrons. The molecule has 1 atom stereocenters. The predicted molar refractivity (Wildman–Crippen MR) is 126 cm³/mol. The number of amides is 1. The largest absolute Gasteiger partial charge is 0.453 e. The third-order valence-electron chi connectivity index (χ3n) is 5.13. The van der Waals surface area contributed by atoms with Gasteiger partial charge in [-0.15, -0.1) is 0 Å². The highest BCUT2D eigenvalue weighted by atomic mass is 32.2. The van der Waals surface area contributed by atoms with Crippen LogP contribution in [0.4, 0.5) is 10.5 Å². The molecule has 1 amide bonds. The minimum atomic E-state index is -0.659. The van der Waals surface area contributed by atoms with Crippen molar-refractivity contribution in [2.75, 3.05) is 13.4 Å². The van der Waals surface area contributed by atoms with E-state index in [9.17, 15) is 9.59 Å². The van der Waals surface area contributed by atoms with Crippen molar-refractivity contribution in [3.63, 3.8) is 0 Å². The highest BCUT2D eigenvalue weighted by Crippen LogP contribution is 2.39. The standard InChI is InChI=1S/C24H25N3O3S/c1-30-23(29)27-22(31-2)26-20-11-9-18(10-12-20)21(28)24(13-4-3-5-14-24)16-17-7-6-8-19(25)15-17/h3-13,25H,14-16H2,1-2H3,(H,26,27,29). The van der Waals surface area contributed by atoms with Gasteiger partial charge < -0.3 is 10.1 Å². The second-order valence-corrected chi connectivity index (χ2v) is 8.12. The molecule has 2 aliphatic rings. The number of ketones is 1. The first-order valence-corrected chi connectivity index (χ1v) is 11.1. The molecule has 0 heterocycles. The number of thioether (sulfide) groups is 1. The third-order valence-corrected chi connectivity index (χ3v) is 5.71. The van der Waals surface area contributed by atoms with E-state index in [2.05, 4.69) is 15.0 Å². The summed E-state index contributed by atoms with van der Waals surface area (Å²) in [6.07, 6.45) is 16.5. The number of ether oxygens (including phenoxy) is 1. The van der Waals surface area contributed by atoms with Crippen molar-refractivity contribution in [3.8, 4) is 0 Å². The van der Waals surface area contributed by atoms with E-state index in [4.69, 9.17) is 5.41 Å². The number of allylic oxidation sites excluding steroid dienone is 8. The normalized spacial score (nSPS) is 20.4. The summed E-state index contributed by atoms with van der Waals surface area (Å²) < 4.78 is 4.60. The van der Waals surface area contributed by atoms with Crippen molar-refractivity contribution < 1.29 is 14.3 Å². The van der Waals surface area contributed by atoms with Gasteiger partial charge in [-0.3, -0.25) is 10.1 Å². The lowest BCUT2D eigenvalue weighted by molar-refractivity contribution is 0.0851.